The zero-order chi connectivity index (χ0) is 37.7. The third-order valence-corrected chi connectivity index (χ3v) is 18.7. The summed E-state index contributed by atoms with van der Waals surface area (Å²) in [6.07, 6.45) is 49.8. The Hall–Kier alpha value is -0.860. The zero-order valence-electron chi connectivity index (χ0n) is 36.3. The summed E-state index contributed by atoms with van der Waals surface area (Å²) < 4.78 is 6.73. The van der Waals surface area contributed by atoms with E-state index in [1.165, 1.54) is 179 Å². The van der Waals surface area contributed by atoms with Crippen molar-refractivity contribution in [1.29, 1.82) is 0 Å². The van der Waals surface area contributed by atoms with Gasteiger partial charge < -0.3 is 10.1 Å². The number of rotatable bonds is 12. The van der Waals surface area contributed by atoms with Crippen molar-refractivity contribution < 1.29 is 4.74 Å². The van der Waals surface area contributed by atoms with Crippen LogP contribution < -0.4 is 5.32 Å². The van der Waals surface area contributed by atoms with E-state index in [1.807, 2.05) is 0 Å². The number of fused-ring (bicyclic) bond motifs is 5. The molecule has 2 nitrogen and oxygen atoms in total. The molecule has 4 saturated carbocycles. The summed E-state index contributed by atoms with van der Waals surface area (Å²) in [7, 11) is 0. The maximum atomic E-state index is 6.73. The van der Waals surface area contributed by atoms with Gasteiger partial charge in [-0.3, -0.25) is 0 Å². The molecule has 17 atom stereocenters. The molecule has 17 unspecified atom stereocenters. The van der Waals surface area contributed by atoms with Gasteiger partial charge in [-0.1, -0.05) is 116 Å². The van der Waals surface area contributed by atoms with Crippen LogP contribution in [0.2, 0.25) is 0 Å². The van der Waals surface area contributed by atoms with E-state index in [0.29, 0.717) is 18.1 Å². The highest BCUT2D eigenvalue weighted by Gasteiger charge is 2.53. The van der Waals surface area contributed by atoms with Gasteiger partial charge in [0.15, 0.2) is 0 Å². The average Bonchev–Trinajstić information content (AvgIpc) is 3.36. The maximum Gasteiger partial charge on any atom is 0.0790 e. The highest BCUT2D eigenvalue weighted by molar-refractivity contribution is 5.16. The van der Waals surface area contributed by atoms with Crippen LogP contribution in [0.3, 0.4) is 0 Å². The van der Waals surface area contributed by atoms with Crippen LogP contribution in [0.5, 0.6) is 0 Å². The molecular formula is C53H87NO. The number of nitrogens with one attached hydrogen (secondary N) is 1. The van der Waals surface area contributed by atoms with Crippen molar-refractivity contribution >= 4 is 0 Å². The van der Waals surface area contributed by atoms with Crippen LogP contribution in [-0.4, -0.2) is 24.3 Å². The van der Waals surface area contributed by atoms with Crippen molar-refractivity contribution in [3.8, 4) is 0 Å². The van der Waals surface area contributed by atoms with E-state index in [1.54, 1.807) is 0 Å². The number of ether oxygens (including phenoxy) is 1. The number of allylic oxidation sites excluding steroid dienone is 4. The molecule has 1 N–H and O–H groups in total. The minimum atomic E-state index is 0.324. The van der Waals surface area contributed by atoms with Crippen molar-refractivity contribution in [2.45, 2.75) is 218 Å². The minimum Gasteiger partial charge on any atom is -0.370 e. The van der Waals surface area contributed by atoms with Crippen molar-refractivity contribution in [2.24, 2.45) is 76.9 Å². The topological polar surface area (TPSA) is 21.3 Å². The van der Waals surface area contributed by atoms with Crippen LogP contribution in [0.4, 0.5) is 0 Å². The van der Waals surface area contributed by atoms with Crippen LogP contribution in [0.1, 0.15) is 194 Å². The van der Waals surface area contributed by atoms with E-state index in [-0.39, 0.29) is 0 Å². The molecule has 8 aliphatic rings. The molecule has 55 heavy (non-hydrogen) atoms. The summed E-state index contributed by atoms with van der Waals surface area (Å²) in [5, 5.41) is 4.39. The Morgan fingerprint density at radius 1 is 0.745 bits per heavy atom. The third kappa shape index (κ3) is 9.32. The SMILES string of the molecule is C=C1C(CCC(C)C2C=CCCC2C2C3CCC=CCC3C(CCCC(CCC)C3CCCC(C)C4CCCC(C4)N3)C3CCCCC32)OC2CCCCC12. The van der Waals surface area contributed by atoms with E-state index in [0.717, 1.165) is 83.1 Å². The van der Waals surface area contributed by atoms with E-state index in [9.17, 15) is 0 Å². The maximum absolute atomic E-state index is 6.73. The highest BCUT2D eigenvalue weighted by atomic mass is 16.5. The quantitative estimate of drug-likeness (QED) is 0.200. The molecule has 2 heterocycles. The van der Waals surface area contributed by atoms with Gasteiger partial charge in [0.2, 0.25) is 0 Å². The molecule has 2 saturated heterocycles. The second-order valence-electron chi connectivity index (χ2n) is 21.7. The van der Waals surface area contributed by atoms with Gasteiger partial charge in [-0.05, 0) is 186 Å². The molecule has 6 fully saturated rings. The molecule has 8 rings (SSSR count). The van der Waals surface area contributed by atoms with Gasteiger partial charge in [0.25, 0.3) is 0 Å². The molecule has 0 aromatic rings. The molecule has 0 aromatic carbocycles. The molecule has 6 aliphatic carbocycles. The summed E-state index contributed by atoms with van der Waals surface area (Å²) in [5.74, 6) is 11.6. The predicted molar refractivity (Wildman–Crippen MR) is 234 cm³/mol. The first-order valence-corrected chi connectivity index (χ1v) is 25.4. The van der Waals surface area contributed by atoms with Crippen LogP contribution in [0, 0.1) is 76.9 Å². The van der Waals surface area contributed by atoms with Crippen LogP contribution in [-0.2, 0) is 4.74 Å². The Kier molecular flexibility index (Phi) is 14.5. The van der Waals surface area contributed by atoms with Crippen LogP contribution in [0.15, 0.2) is 36.5 Å². The first-order chi connectivity index (χ1) is 27.0. The Morgan fingerprint density at radius 3 is 2.40 bits per heavy atom. The fourth-order valence-electron chi connectivity index (χ4n) is 16.0. The lowest BCUT2D eigenvalue weighted by Gasteiger charge is -2.58. The van der Waals surface area contributed by atoms with E-state index in [4.69, 9.17) is 4.74 Å². The minimum absolute atomic E-state index is 0.324. The molecule has 2 bridgehead atoms. The fourth-order valence-corrected chi connectivity index (χ4v) is 16.0. The summed E-state index contributed by atoms with van der Waals surface area (Å²) in [5.41, 5.74) is 1.46. The Bertz CT molecular complexity index is 1270. The molecule has 0 amide bonds. The van der Waals surface area contributed by atoms with E-state index in [2.05, 4.69) is 57.0 Å². The van der Waals surface area contributed by atoms with Gasteiger partial charge in [-0.25, -0.2) is 0 Å². The second-order valence-corrected chi connectivity index (χ2v) is 21.7. The molecule has 0 radical (unpaired) electrons. The summed E-state index contributed by atoms with van der Waals surface area (Å²) in [6, 6.07) is 1.56. The largest absolute Gasteiger partial charge is 0.370 e. The summed E-state index contributed by atoms with van der Waals surface area (Å²) in [6.45, 7) is 12.3. The zero-order valence-corrected chi connectivity index (χ0v) is 36.3. The normalized spacial score (nSPS) is 44.6. The Labute approximate surface area is 340 Å². The molecule has 0 spiro atoms. The van der Waals surface area contributed by atoms with Gasteiger partial charge in [-0.2, -0.15) is 0 Å². The smallest absolute Gasteiger partial charge is 0.0790 e. The Balaban J connectivity index is 0.952. The van der Waals surface area contributed by atoms with Gasteiger partial charge in [0.1, 0.15) is 0 Å². The highest BCUT2D eigenvalue weighted by Crippen LogP contribution is 2.60. The summed E-state index contributed by atoms with van der Waals surface area (Å²) in [4.78, 5) is 0. The lowest BCUT2D eigenvalue weighted by Crippen LogP contribution is -2.51. The average molecular weight is 754 g/mol. The standard InChI is InChI=1S/C53H87NO/c1-5-18-39(50-31-15-19-36(2)40-21-16-22-41(35-40)54-50)20-17-30-44-45-25-7-6-8-27-48(45)53(49-29-12-10-26-46(44)49)47-28-11-9-23-42(47)37(3)33-34-51-38(4)43-24-13-14-32-52(43)55-51/h6-7,9,23,36-37,39-54H,4-5,8,10-22,24-35H2,1-3H3. The molecule has 0 aromatic heterocycles. The number of hydrogen-bond acceptors (Lipinski definition) is 2. The Morgan fingerprint density at radius 2 is 1.53 bits per heavy atom. The van der Waals surface area contributed by atoms with E-state index >= 15 is 0 Å². The molecule has 2 aliphatic heterocycles. The van der Waals surface area contributed by atoms with Crippen molar-refractivity contribution in [3.05, 3.63) is 36.5 Å². The first kappa shape index (κ1) is 40.9. The molecule has 2 heteroatoms. The van der Waals surface area contributed by atoms with Crippen LogP contribution in [0.25, 0.3) is 0 Å². The third-order valence-electron chi connectivity index (χ3n) is 18.7. The lowest BCUT2D eigenvalue weighted by atomic mass is 9.47. The lowest BCUT2D eigenvalue weighted by molar-refractivity contribution is -0.0853. The summed E-state index contributed by atoms with van der Waals surface area (Å²) >= 11 is 0. The monoisotopic (exact) mass is 754 g/mol. The van der Waals surface area contributed by atoms with Crippen molar-refractivity contribution in [3.63, 3.8) is 0 Å². The van der Waals surface area contributed by atoms with E-state index < -0.39 is 0 Å². The van der Waals surface area contributed by atoms with Gasteiger partial charge in [0.05, 0.1) is 12.2 Å². The molecule has 310 valence electrons. The predicted octanol–water partition coefficient (Wildman–Crippen LogP) is 14.4. The number of hydrogen-bond donors (Lipinski definition) is 1. The molecular weight excluding hydrogens is 667 g/mol. The van der Waals surface area contributed by atoms with Gasteiger partial charge in [0, 0.05) is 18.0 Å². The van der Waals surface area contributed by atoms with Gasteiger partial charge >= 0.3 is 0 Å². The van der Waals surface area contributed by atoms with Crippen LogP contribution >= 0.6 is 0 Å². The first-order valence-electron chi connectivity index (χ1n) is 25.4. The fraction of sp³-hybridized carbons (Fsp3) is 0.887. The second kappa shape index (κ2) is 19.5. The van der Waals surface area contributed by atoms with Gasteiger partial charge in [-0.15, -0.1) is 0 Å². The van der Waals surface area contributed by atoms with Crippen molar-refractivity contribution in [2.75, 3.05) is 0 Å². The van der Waals surface area contributed by atoms with Crippen molar-refractivity contribution in [1.82, 2.24) is 5.32 Å².